The molecule has 0 bridgehead atoms. The van der Waals surface area contributed by atoms with Crippen molar-refractivity contribution in [1.29, 1.82) is 0 Å². The largest absolute Gasteiger partial charge is 0.465 e. The predicted molar refractivity (Wildman–Crippen MR) is 59.0 cm³/mol. The molecule has 9 heteroatoms. The molecule has 0 rings (SSSR count). The van der Waals surface area contributed by atoms with E-state index in [0.717, 1.165) is 17.4 Å². The Balaban J connectivity index is 4.36. The van der Waals surface area contributed by atoms with E-state index in [0.29, 0.717) is 0 Å². The third-order valence-corrected chi connectivity index (χ3v) is 3.58. The van der Waals surface area contributed by atoms with Gasteiger partial charge in [0.15, 0.2) is 0 Å². The number of sulfone groups is 2. The van der Waals surface area contributed by atoms with Crippen LogP contribution < -0.4 is 0 Å². The summed E-state index contributed by atoms with van der Waals surface area (Å²) >= 11 is 0. The molecule has 0 aromatic rings. The summed E-state index contributed by atoms with van der Waals surface area (Å²) in [5.41, 5.74) is 0. The van der Waals surface area contributed by atoms with Crippen molar-refractivity contribution in [3.05, 3.63) is 0 Å². The minimum absolute atomic E-state index is 0.219. The van der Waals surface area contributed by atoms with Gasteiger partial charge in [-0.2, -0.15) is 0 Å². The van der Waals surface area contributed by atoms with Crippen molar-refractivity contribution in [2.75, 3.05) is 37.1 Å². The fourth-order valence-electron chi connectivity index (χ4n) is 0.855. The summed E-state index contributed by atoms with van der Waals surface area (Å²) in [6.45, 7) is -0.437. The summed E-state index contributed by atoms with van der Waals surface area (Å²) < 4.78 is 43.3. The lowest BCUT2D eigenvalue weighted by molar-refractivity contribution is 0.151. The first kappa shape index (κ1) is 15.2. The van der Waals surface area contributed by atoms with Crippen molar-refractivity contribution in [3.8, 4) is 0 Å². The van der Waals surface area contributed by atoms with Gasteiger partial charge in [0, 0.05) is 25.6 Å². The zero-order chi connectivity index (χ0) is 13.0. The quantitative estimate of drug-likeness (QED) is 0.668. The molecule has 0 aliphatic carbocycles. The number of nitrogens with zero attached hydrogens (tertiary/aromatic N) is 1. The van der Waals surface area contributed by atoms with Crippen LogP contribution in [0.2, 0.25) is 0 Å². The molecule has 1 amide bonds. The van der Waals surface area contributed by atoms with Crippen LogP contribution in [0.15, 0.2) is 0 Å². The van der Waals surface area contributed by atoms with Gasteiger partial charge < -0.3 is 10.0 Å². The fraction of sp³-hybridized carbons (Fsp3) is 0.857. The number of amides is 1. The third kappa shape index (κ3) is 8.48. The van der Waals surface area contributed by atoms with Crippen molar-refractivity contribution >= 4 is 25.8 Å². The second-order valence-electron chi connectivity index (χ2n) is 3.53. The van der Waals surface area contributed by atoms with Crippen LogP contribution in [0.5, 0.6) is 0 Å². The summed E-state index contributed by atoms with van der Waals surface area (Å²) in [7, 11) is -6.52. The molecule has 0 heterocycles. The van der Waals surface area contributed by atoms with Gasteiger partial charge in [0.1, 0.15) is 19.7 Å². The lowest BCUT2D eigenvalue weighted by Gasteiger charge is -2.17. The SMILES string of the molecule is CS(=O)(=O)CCN(CCS(C)(=O)=O)C(=O)O. The van der Waals surface area contributed by atoms with Crippen LogP contribution in [0.1, 0.15) is 0 Å². The second-order valence-corrected chi connectivity index (χ2v) is 8.05. The Morgan fingerprint density at radius 3 is 1.50 bits per heavy atom. The molecule has 0 aliphatic heterocycles. The minimum atomic E-state index is -3.26. The predicted octanol–water partition coefficient (Wildman–Crippen LogP) is -0.944. The van der Waals surface area contributed by atoms with Gasteiger partial charge in [-0.3, -0.25) is 0 Å². The number of hydrogen-bond acceptors (Lipinski definition) is 5. The summed E-state index contributed by atoms with van der Waals surface area (Å²) in [4.78, 5) is 11.4. The first-order valence-electron chi connectivity index (χ1n) is 4.34. The van der Waals surface area contributed by atoms with Crippen molar-refractivity contribution in [2.24, 2.45) is 0 Å². The molecule has 0 unspecified atom stereocenters. The molecule has 0 aromatic carbocycles. The van der Waals surface area contributed by atoms with Crippen molar-refractivity contribution in [1.82, 2.24) is 4.90 Å². The van der Waals surface area contributed by atoms with Gasteiger partial charge in [-0.25, -0.2) is 21.6 Å². The van der Waals surface area contributed by atoms with Gasteiger partial charge in [-0.1, -0.05) is 0 Å². The van der Waals surface area contributed by atoms with Crippen molar-refractivity contribution in [3.63, 3.8) is 0 Å². The third-order valence-electron chi connectivity index (χ3n) is 1.73. The van der Waals surface area contributed by atoms with Crippen LogP contribution in [0.25, 0.3) is 0 Å². The highest BCUT2D eigenvalue weighted by Crippen LogP contribution is 1.95. The molecular formula is C7H15NO6S2. The first-order chi connectivity index (χ1) is 7.01. The number of rotatable bonds is 6. The lowest BCUT2D eigenvalue weighted by Crippen LogP contribution is -2.37. The van der Waals surface area contributed by atoms with E-state index in [2.05, 4.69) is 0 Å². The van der Waals surface area contributed by atoms with Crippen LogP contribution in [0.4, 0.5) is 4.79 Å². The van der Waals surface area contributed by atoms with Crippen molar-refractivity contribution in [2.45, 2.75) is 0 Å². The van der Waals surface area contributed by atoms with E-state index in [4.69, 9.17) is 5.11 Å². The van der Waals surface area contributed by atoms with Gasteiger partial charge in [-0.05, 0) is 0 Å². The van der Waals surface area contributed by atoms with Crippen molar-refractivity contribution < 1.29 is 26.7 Å². The number of carbonyl (C=O) groups is 1. The Morgan fingerprint density at radius 1 is 1.00 bits per heavy atom. The number of carboxylic acid groups (broad SMARTS) is 1. The summed E-state index contributed by atoms with van der Waals surface area (Å²) in [5, 5.41) is 8.70. The van der Waals surface area contributed by atoms with E-state index in [9.17, 15) is 21.6 Å². The Kier molecular flexibility index (Phi) is 5.20. The monoisotopic (exact) mass is 273 g/mol. The van der Waals surface area contributed by atoms with Gasteiger partial charge in [0.25, 0.3) is 0 Å². The maximum atomic E-state index is 10.8. The molecule has 0 aromatic heterocycles. The van der Waals surface area contributed by atoms with Gasteiger partial charge in [0.05, 0.1) is 11.5 Å². The zero-order valence-electron chi connectivity index (χ0n) is 9.08. The molecule has 0 fully saturated rings. The van der Waals surface area contributed by atoms with E-state index >= 15 is 0 Å². The van der Waals surface area contributed by atoms with Crippen LogP contribution in [0, 0.1) is 0 Å². The summed E-state index contributed by atoms with van der Waals surface area (Å²) in [5.74, 6) is -0.633. The fourth-order valence-corrected chi connectivity index (χ4v) is 1.96. The van der Waals surface area contributed by atoms with Gasteiger partial charge in [-0.15, -0.1) is 0 Å². The van der Waals surface area contributed by atoms with Crippen LogP contribution in [0.3, 0.4) is 0 Å². The van der Waals surface area contributed by atoms with Gasteiger partial charge >= 0.3 is 6.09 Å². The molecule has 0 radical (unpaired) electrons. The Bertz CT molecular complexity index is 401. The molecule has 7 nitrogen and oxygen atoms in total. The van der Waals surface area contributed by atoms with Crippen LogP contribution in [-0.4, -0.2) is 70.0 Å². The number of hydrogen-bond donors (Lipinski definition) is 1. The molecular weight excluding hydrogens is 258 g/mol. The van der Waals surface area contributed by atoms with E-state index in [1.54, 1.807) is 0 Å². The summed E-state index contributed by atoms with van der Waals surface area (Å²) in [6.07, 6.45) is 0.653. The average molecular weight is 273 g/mol. The molecule has 0 saturated heterocycles. The lowest BCUT2D eigenvalue weighted by atomic mass is 10.5. The molecule has 0 saturated carbocycles. The van der Waals surface area contributed by atoms with Crippen LogP contribution in [-0.2, 0) is 19.7 Å². The standard InChI is InChI=1S/C7H15NO6S2/c1-15(11,12)5-3-8(7(9)10)4-6-16(2,13)14/h3-6H2,1-2H3,(H,9,10). The Labute approximate surface area is 94.9 Å². The normalized spacial score (nSPS) is 12.4. The highest BCUT2D eigenvalue weighted by molar-refractivity contribution is 7.90. The smallest absolute Gasteiger partial charge is 0.407 e. The molecule has 0 spiro atoms. The van der Waals surface area contributed by atoms with E-state index < -0.39 is 25.8 Å². The topological polar surface area (TPSA) is 109 Å². The Hall–Kier alpha value is -0.830. The van der Waals surface area contributed by atoms with Crippen LogP contribution >= 0.6 is 0 Å². The second kappa shape index (κ2) is 5.48. The Morgan fingerprint density at radius 2 is 1.31 bits per heavy atom. The van der Waals surface area contributed by atoms with E-state index in [1.807, 2.05) is 0 Å². The first-order valence-corrected chi connectivity index (χ1v) is 8.47. The molecule has 16 heavy (non-hydrogen) atoms. The molecule has 1 N–H and O–H groups in total. The molecule has 0 aliphatic rings. The maximum Gasteiger partial charge on any atom is 0.407 e. The summed E-state index contributed by atoms with van der Waals surface area (Å²) in [6, 6.07) is 0. The highest BCUT2D eigenvalue weighted by Gasteiger charge is 2.16. The van der Waals surface area contributed by atoms with E-state index in [-0.39, 0.29) is 24.6 Å². The minimum Gasteiger partial charge on any atom is -0.465 e. The highest BCUT2D eigenvalue weighted by atomic mass is 32.2. The molecule has 96 valence electrons. The maximum absolute atomic E-state index is 10.8. The zero-order valence-corrected chi connectivity index (χ0v) is 10.7. The van der Waals surface area contributed by atoms with E-state index in [1.165, 1.54) is 0 Å². The van der Waals surface area contributed by atoms with Gasteiger partial charge in [0.2, 0.25) is 0 Å². The average Bonchev–Trinajstić information content (AvgIpc) is 1.98. The molecule has 0 atom stereocenters.